The van der Waals surface area contributed by atoms with Crippen molar-refractivity contribution in [2.75, 3.05) is 0 Å². The summed E-state index contributed by atoms with van der Waals surface area (Å²) in [5.41, 5.74) is 1.26. The molecule has 0 aromatic heterocycles. The first-order valence-electron chi connectivity index (χ1n) is 17.0. The molecule has 0 radical (unpaired) electrons. The molecule has 4 aromatic carbocycles. The third-order valence-electron chi connectivity index (χ3n) is 9.11. The molecule has 8 heteroatoms. The number of amides is 2. The van der Waals surface area contributed by atoms with Crippen LogP contribution in [0.3, 0.4) is 0 Å². The average molecular weight is 653 g/mol. The van der Waals surface area contributed by atoms with Gasteiger partial charge in [-0.15, -0.1) is 0 Å². The fourth-order valence-electron chi connectivity index (χ4n) is 6.52. The van der Waals surface area contributed by atoms with Crippen LogP contribution in [-0.2, 0) is 6.42 Å². The second-order valence-electron chi connectivity index (χ2n) is 12.8. The Hall–Kier alpha value is -4.69. The molecule has 5 rings (SSSR count). The number of aromatic hydroxyl groups is 1. The van der Waals surface area contributed by atoms with E-state index < -0.39 is 29.6 Å². The summed E-state index contributed by atoms with van der Waals surface area (Å²) in [6.45, 7) is 0. The van der Waals surface area contributed by atoms with Gasteiger partial charge in [0.1, 0.15) is 23.1 Å². The number of hydrogen-bond donors (Lipinski definition) is 4. The van der Waals surface area contributed by atoms with Gasteiger partial charge in [0.25, 0.3) is 11.8 Å². The van der Waals surface area contributed by atoms with Gasteiger partial charge in [0, 0.05) is 17.7 Å². The van der Waals surface area contributed by atoms with Crippen LogP contribution in [0.1, 0.15) is 84.1 Å². The van der Waals surface area contributed by atoms with E-state index >= 15 is 0 Å². The third-order valence-corrected chi connectivity index (χ3v) is 9.11. The van der Waals surface area contributed by atoms with Crippen molar-refractivity contribution in [1.82, 2.24) is 10.6 Å². The molecule has 0 aliphatic heterocycles. The number of para-hydroxylation sites is 1. The molecule has 4 N–H and O–H groups in total. The van der Waals surface area contributed by atoms with Crippen LogP contribution >= 0.6 is 0 Å². The zero-order chi connectivity index (χ0) is 33.7. The number of halogens is 1. The van der Waals surface area contributed by atoms with E-state index in [1.54, 1.807) is 24.3 Å². The summed E-state index contributed by atoms with van der Waals surface area (Å²) in [7, 11) is 0. The lowest BCUT2D eigenvalue weighted by atomic mass is 9.85. The fraction of sp³-hybridized carbons (Fsp3) is 0.350. The van der Waals surface area contributed by atoms with Crippen LogP contribution in [-0.4, -0.2) is 40.2 Å². The minimum atomic E-state index is -1.04. The minimum Gasteiger partial charge on any atom is -0.507 e. The number of rotatable bonds is 15. The first-order valence-corrected chi connectivity index (χ1v) is 17.0. The summed E-state index contributed by atoms with van der Waals surface area (Å²) in [6.07, 6.45) is 8.39. The number of nitrogens with one attached hydrogen (secondary N) is 2. The molecular weight excluding hydrogens is 607 g/mol. The van der Waals surface area contributed by atoms with Crippen LogP contribution < -0.4 is 15.4 Å². The smallest absolute Gasteiger partial charge is 0.255 e. The highest BCUT2D eigenvalue weighted by atomic mass is 19.1. The third kappa shape index (κ3) is 10.4. The number of phenols is 1. The Morgan fingerprint density at radius 1 is 0.812 bits per heavy atom. The lowest BCUT2D eigenvalue weighted by Crippen LogP contribution is -2.48. The van der Waals surface area contributed by atoms with Gasteiger partial charge in [-0.1, -0.05) is 99.5 Å². The number of carbonyl (C=O) groups is 2. The number of benzene rings is 4. The van der Waals surface area contributed by atoms with E-state index in [9.17, 15) is 24.2 Å². The molecule has 2 unspecified atom stereocenters. The number of aliphatic hydroxyl groups is 1. The number of carbonyl (C=O) groups excluding carboxylic acids is 2. The Morgan fingerprint density at radius 2 is 1.52 bits per heavy atom. The van der Waals surface area contributed by atoms with E-state index in [-0.39, 0.29) is 23.9 Å². The molecule has 48 heavy (non-hydrogen) atoms. The van der Waals surface area contributed by atoms with Crippen molar-refractivity contribution in [1.29, 1.82) is 0 Å². The van der Waals surface area contributed by atoms with Crippen molar-refractivity contribution >= 4 is 11.8 Å². The summed E-state index contributed by atoms with van der Waals surface area (Å²) in [4.78, 5) is 26.9. The van der Waals surface area contributed by atoms with Crippen molar-refractivity contribution in [3.63, 3.8) is 0 Å². The highest BCUT2D eigenvalue weighted by molar-refractivity contribution is 5.97. The Balaban J connectivity index is 1.32. The average Bonchev–Trinajstić information content (AvgIpc) is 3.09. The molecule has 2 amide bonds. The van der Waals surface area contributed by atoms with E-state index in [1.807, 2.05) is 60.7 Å². The molecule has 1 aliphatic rings. The number of aliphatic hydroxyl groups excluding tert-OH is 1. The fourth-order valence-corrected chi connectivity index (χ4v) is 6.52. The summed E-state index contributed by atoms with van der Waals surface area (Å²) >= 11 is 0. The second-order valence-corrected chi connectivity index (χ2v) is 12.8. The zero-order valence-electron chi connectivity index (χ0n) is 27.2. The Labute approximate surface area is 282 Å². The van der Waals surface area contributed by atoms with Crippen LogP contribution in [0.4, 0.5) is 4.39 Å². The predicted molar refractivity (Wildman–Crippen MR) is 185 cm³/mol. The molecule has 1 fully saturated rings. The van der Waals surface area contributed by atoms with Crippen LogP contribution in [0.15, 0.2) is 103 Å². The molecule has 1 saturated carbocycles. The van der Waals surface area contributed by atoms with Gasteiger partial charge in [-0.05, 0) is 73.2 Å². The quantitative estimate of drug-likeness (QED) is 0.104. The maximum Gasteiger partial charge on any atom is 0.255 e. The predicted octanol–water partition coefficient (Wildman–Crippen LogP) is 7.96. The van der Waals surface area contributed by atoms with Gasteiger partial charge in [-0.25, -0.2) is 4.39 Å². The lowest BCUT2D eigenvalue weighted by molar-refractivity contribution is 0.0746. The maximum absolute atomic E-state index is 13.6. The van der Waals surface area contributed by atoms with E-state index in [2.05, 4.69) is 10.6 Å². The molecule has 0 saturated heterocycles. The molecular formula is C40H45FN2O5. The molecule has 4 aromatic rings. The highest BCUT2D eigenvalue weighted by Gasteiger charge is 2.28. The highest BCUT2D eigenvalue weighted by Crippen LogP contribution is 2.29. The Bertz CT molecular complexity index is 1610. The second kappa shape index (κ2) is 17.5. The molecule has 3 atom stereocenters. The van der Waals surface area contributed by atoms with Crippen molar-refractivity contribution in [3.05, 3.63) is 126 Å². The number of ether oxygens (including phenoxy) is 1. The van der Waals surface area contributed by atoms with Gasteiger partial charge in [0.15, 0.2) is 0 Å². The Kier molecular flexibility index (Phi) is 12.6. The van der Waals surface area contributed by atoms with Crippen LogP contribution in [0, 0.1) is 11.7 Å². The van der Waals surface area contributed by atoms with E-state index in [1.165, 1.54) is 38.2 Å². The summed E-state index contributed by atoms with van der Waals surface area (Å²) < 4.78 is 19.6. The van der Waals surface area contributed by atoms with Gasteiger partial charge < -0.3 is 25.6 Å². The minimum absolute atomic E-state index is 0.0865. The SMILES string of the molecule is O=C(NC(CCCC1CCCCC1)C[C@H](O)C(Cc1ccccc1)NC(=O)c1ccc(F)cc1O)c1cccc(Oc2ccccc2)c1. The molecule has 0 heterocycles. The molecule has 7 nitrogen and oxygen atoms in total. The molecule has 252 valence electrons. The van der Waals surface area contributed by atoms with Gasteiger partial charge in [0.2, 0.25) is 0 Å². The van der Waals surface area contributed by atoms with Gasteiger partial charge >= 0.3 is 0 Å². The van der Waals surface area contributed by atoms with Gasteiger partial charge in [-0.2, -0.15) is 0 Å². The van der Waals surface area contributed by atoms with Gasteiger partial charge in [0.05, 0.1) is 17.7 Å². The zero-order valence-corrected chi connectivity index (χ0v) is 27.2. The number of phenolic OH excluding ortho intramolecular Hbond substituents is 1. The monoisotopic (exact) mass is 652 g/mol. The molecule has 0 bridgehead atoms. The topological polar surface area (TPSA) is 108 Å². The van der Waals surface area contributed by atoms with Crippen LogP contribution in [0.2, 0.25) is 0 Å². The lowest BCUT2D eigenvalue weighted by Gasteiger charge is -2.29. The number of hydrogen-bond acceptors (Lipinski definition) is 5. The first kappa shape index (κ1) is 34.6. The summed E-state index contributed by atoms with van der Waals surface area (Å²) in [6, 6.07) is 27.9. The van der Waals surface area contributed by atoms with Crippen molar-refractivity contribution in [3.8, 4) is 17.2 Å². The maximum atomic E-state index is 13.6. The van der Waals surface area contributed by atoms with E-state index in [0.29, 0.717) is 35.8 Å². The van der Waals surface area contributed by atoms with Gasteiger partial charge in [-0.3, -0.25) is 9.59 Å². The van der Waals surface area contributed by atoms with Crippen LogP contribution in [0.25, 0.3) is 0 Å². The summed E-state index contributed by atoms with van der Waals surface area (Å²) in [5.74, 6) is -0.151. The van der Waals surface area contributed by atoms with E-state index in [0.717, 1.165) is 30.5 Å². The Morgan fingerprint density at radius 3 is 2.25 bits per heavy atom. The first-order chi connectivity index (χ1) is 23.3. The van der Waals surface area contributed by atoms with Crippen molar-refractivity contribution in [2.45, 2.75) is 82.4 Å². The summed E-state index contributed by atoms with van der Waals surface area (Å²) in [5, 5.41) is 28.0. The van der Waals surface area contributed by atoms with Crippen LogP contribution in [0.5, 0.6) is 17.2 Å². The van der Waals surface area contributed by atoms with Crippen molar-refractivity contribution < 1.29 is 28.9 Å². The molecule has 1 aliphatic carbocycles. The molecule has 0 spiro atoms. The normalized spacial score (nSPS) is 15.2. The standard InChI is InChI=1S/C40H45FN2O5/c41-31-22-23-35(37(44)26-31)40(47)43-36(24-29-14-6-2-7-15-29)38(45)27-32(18-10-16-28-12-4-1-5-13-28)42-39(46)30-17-11-21-34(25-30)48-33-19-8-3-9-20-33/h2-3,6-9,11,14-15,17,19-23,25-26,28,32,36,38,44-45H,1,4-5,10,12-13,16,18,24,27H2,(H,42,46)(H,43,47)/t32?,36?,38-/m0/s1. The van der Waals surface area contributed by atoms with E-state index in [4.69, 9.17) is 4.74 Å². The largest absolute Gasteiger partial charge is 0.507 e. The van der Waals surface area contributed by atoms with Crippen molar-refractivity contribution in [2.24, 2.45) is 5.92 Å².